The van der Waals surface area contributed by atoms with Crippen LogP contribution in [-0.4, -0.2) is 0 Å². The Kier molecular flexibility index (Phi) is 6.38. The summed E-state index contributed by atoms with van der Waals surface area (Å²) in [5, 5.41) is 0. The van der Waals surface area contributed by atoms with Crippen LogP contribution in [0.25, 0.3) is 6.08 Å². The maximum atomic E-state index is 2.47. The van der Waals surface area contributed by atoms with E-state index in [0.29, 0.717) is 0 Å². The Hall–Kier alpha value is 1.29. The minimum absolute atomic E-state index is 0.0233. The van der Waals surface area contributed by atoms with Crippen LogP contribution in [0.2, 0.25) is 0 Å². The average Bonchev–Trinajstić information content (AvgIpc) is 2.45. The van der Waals surface area contributed by atoms with Crippen LogP contribution in [0, 0.1) is 6.42 Å². The molecule has 0 amide bonds. The first-order chi connectivity index (χ1) is 6.27. The van der Waals surface area contributed by atoms with Crippen molar-refractivity contribution in [3.8, 4) is 0 Å². The van der Waals surface area contributed by atoms with Crippen molar-refractivity contribution in [2.24, 2.45) is 0 Å². The van der Waals surface area contributed by atoms with Crippen molar-refractivity contribution in [1.29, 1.82) is 0 Å². The van der Waals surface area contributed by atoms with Crippen LogP contribution >= 0.6 is 36.3 Å². The van der Waals surface area contributed by atoms with Gasteiger partial charge in [0.15, 0.2) is 0 Å². The first-order valence-electron chi connectivity index (χ1n) is 3.86. The van der Waals surface area contributed by atoms with Gasteiger partial charge in [0.2, 0.25) is 0 Å². The standard InChI is InChI=1S/C10H9.Hf.2HI/c1-8-6-9-4-2-3-5-10(9)7-8;;;/h2-7H,1H3;;2*1H/q;+2;;/p-2. The van der Waals surface area contributed by atoms with Gasteiger partial charge >= 0.3 is 50.9 Å². The molecule has 0 atom stereocenters. The van der Waals surface area contributed by atoms with Gasteiger partial charge in [-0.3, -0.25) is 0 Å². The van der Waals surface area contributed by atoms with Crippen molar-refractivity contribution < 1.29 is 14.6 Å². The second kappa shape index (κ2) is 6.71. The molecule has 0 unspecified atom stereocenters. The maximum absolute atomic E-state index is 2.47. The van der Waals surface area contributed by atoms with Crippen LogP contribution in [0.3, 0.4) is 0 Å². The molecular weight excluding hydrogens is 552 g/mol. The summed E-state index contributed by atoms with van der Waals surface area (Å²) in [6, 6.07) is 8.42. The molecule has 13 heavy (non-hydrogen) atoms. The van der Waals surface area contributed by atoms with E-state index in [1.165, 1.54) is 16.7 Å². The molecule has 0 fully saturated rings. The quantitative estimate of drug-likeness (QED) is 0.325. The molecule has 0 N–H and O–H groups in total. The molecule has 1 radical (unpaired) electrons. The zero-order chi connectivity index (χ0) is 9.68. The molecule has 1 aliphatic rings. The van der Waals surface area contributed by atoms with E-state index >= 15 is 0 Å². The van der Waals surface area contributed by atoms with E-state index in [9.17, 15) is 0 Å². The molecule has 3 heteroatoms. The van der Waals surface area contributed by atoms with Crippen LogP contribution in [0.15, 0.2) is 29.8 Å². The molecule has 0 heterocycles. The van der Waals surface area contributed by atoms with Gasteiger partial charge in [-0.25, -0.2) is 0 Å². The van der Waals surface area contributed by atoms with Gasteiger partial charge in [0.05, 0.1) is 0 Å². The second-order valence-corrected chi connectivity index (χ2v) is 29.0. The fourth-order valence-corrected chi connectivity index (χ4v) is 1.31. The normalized spacial score (nSPS) is 12.4. The predicted molar refractivity (Wildman–Crippen MR) is 71.5 cm³/mol. The molecule has 0 saturated carbocycles. The Labute approximate surface area is 109 Å². The molecule has 0 aliphatic heterocycles. The minimum atomic E-state index is 0.0233. The molecule has 0 saturated heterocycles. The van der Waals surface area contributed by atoms with Crippen LogP contribution in [0.4, 0.5) is 0 Å². The first-order valence-corrected chi connectivity index (χ1v) is 24.2. The van der Waals surface area contributed by atoms with Crippen LogP contribution in [0.5, 0.6) is 0 Å². The van der Waals surface area contributed by atoms with Crippen molar-refractivity contribution >= 4 is 42.4 Å². The molecule has 1 aromatic rings. The summed E-state index contributed by atoms with van der Waals surface area (Å²) in [4.78, 5) is 0. The van der Waals surface area contributed by atoms with Gasteiger partial charge in [0.1, 0.15) is 0 Å². The number of halogens is 2. The van der Waals surface area contributed by atoms with Gasteiger partial charge in [-0.15, -0.1) is 0 Å². The van der Waals surface area contributed by atoms with Crippen molar-refractivity contribution in [2.45, 2.75) is 6.92 Å². The van der Waals surface area contributed by atoms with Crippen molar-refractivity contribution in [3.63, 3.8) is 0 Å². The summed E-state index contributed by atoms with van der Waals surface area (Å²) < 4.78 is 0. The van der Waals surface area contributed by atoms with E-state index in [4.69, 9.17) is 0 Å². The zero-order valence-corrected chi connectivity index (χ0v) is 15.1. The zero-order valence-electron chi connectivity index (χ0n) is 7.22. The number of allylic oxidation sites excluding steroid dienone is 1. The van der Waals surface area contributed by atoms with E-state index < -0.39 is 0 Å². The number of rotatable bonds is 0. The predicted octanol–water partition coefficient (Wildman–Crippen LogP) is 4.42. The Bertz CT molecular complexity index is 308. The van der Waals surface area contributed by atoms with Gasteiger partial charge in [-0.1, -0.05) is 35.9 Å². The molecule has 0 aromatic heterocycles. The van der Waals surface area contributed by atoms with Gasteiger partial charge in [-0.05, 0) is 18.1 Å². The Morgan fingerprint density at radius 2 is 1.62 bits per heavy atom. The molecule has 1 aromatic carbocycles. The van der Waals surface area contributed by atoms with E-state index in [2.05, 4.69) is 80.0 Å². The van der Waals surface area contributed by atoms with E-state index in [0.717, 1.165) is 0 Å². The average molecular weight is 561 g/mol. The van der Waals surface area contributed by atoms with E-state index in [1.54, 1.807) is 0 Å². The summed E-state index contributed by atoms with van der Waals surface area (Å²) in [7, 11) is 0. The van der Waals surface area contributed by atoms with Crippen LogP contribution < -0.4 is 0 Å². The first kappa shape index (κ1) is 12.4. The summed E-state index contributed by atoms with van der Waals surface area (Å²) in [6.45, 7) is 2.12. The van der Waals surface area contributed by atoms with Crippen molar-refractivity contribution in [2.75, 3.05) is 0 Å². The Morgan fingerprint density at radius 3 is 2.15 bits per heavy atom. The van der Waals surface area contributed by atoms with Gasteiger partial charge < -0.3 is 0 Å². The third-order valence-corrected chi connectivity index (χ3v) is 1.76. The summed E-state index contributed by atoms with van der Waals surface area (Å²) in [5.41, 5.74) is 4.04. The molecule has 0 nitrogen and oxygen atoms in total. The fourth-order valence-electron chi connectivity index (χ4n) is 1.31. The number of hydrogen-bond donors (Lipinski definition) is 0. The summed E-state index contributed by atoms with van der Waals surface area (Å²) in [5.74, 6) is 0. The number of benzene rings is 1. The number of hydrogen-bond acceptors (Lipinski definition) is 0. The fraction of sp³-hybridized carbons (Fsp3) is 0.100. The summed E-state index contributed by atoms with van der Waals surface area (Å²) in [6.07, 6.45) is 4.41. The second-order valence-electron chi connectivity index (χ2n) is 2.73. The topological polar surface area (TPSA) is 0 Å². The molecule has 1 aliphatic carbocycles. The van der Waals surface area contributed by atoms with E-state index in [1.807, 2.05) is 0 Å². The molecule has 0 bridgehead atoms. The van der Waals surface area contributed by atoms with Crippen LogP contribution in [0.1, 0.15) is 18.1 Å². The molecule has 0 spiro atoms. The van der Waals surface area contributed by atoms with Crippen LogP contribution in [-0.2, 0) is 14.6 Å². The summed E-state index contributed by atoms with van der Waals surface area (Å²) >= 11 is 4.96. The Balaban J connectivity index is 0.000000251. The monoisotopic (exact) mass is 563 g/mol. The molecule has 67 valence electrons. The third-order valence-electron chi connectivity index (χ3n) is 1.76. The SMILES string of the molecule is CC1=Cc2ccccc2[CH]1.[I][Hf][I]. The third kappa shape index (κ3) is 4.11. The van der Waals surface area contributed by atoms with Crippen molar-refractivity contribution in [3.05, 3.63) is 47.4 Å². The number of fused-ring (bicyclic) bond motifs is 1. The van der Waals surface area contributed by atoms with Gasteiger partial charge in [0.25, 0.3) is 0 Å². The van der Waals surface area contributed by atoms with Gasteiger partial charge in [-0.2, -0.15) is 0 Å². The van der Waals surface area contributed by atoms with Crippen molar-refractivity contribution in [1.82, 2.24) is 0 Å². The Morgan fingerprint density at radius 1 is 1.08 bits per heavy atom. The molecule has 2 rings (SSSR count). The molecular formula is C10H9HfI2. The van der Waals surface area contributed by atoms with E-state index in [-0.39, 0.29) is 14.6 Å². The van der Waals surface area contributed by atoms with Gasteiger partial charge in [0, 0.05) is 6.42 Å².